The zero-order valence-corrected chi connectivity index (χ0v) is 8.07. The molecule has 7 heteroatoms. The summed E-state index contributed by atoms with van der Waals surface area (Å²) in [5, 5.41) is 0. The fourth-order valence-electron chi connectivity index (χ4n) is 0.901. The van der Waals surface area contributed by atoms with Gasteiger partial charge in [-0.2, -0.15) is 13.2 Å². The van der Waals surface area contributed by atoms with E-state index >= 15 is 0 Å². The molecule has 92 valence electrons. The number of rotatable bonds is 7. The maximum absolute atomic E-state index is 11.7. The Morgan fingerprint density at radius 2 is 1.73 bits per heavy atom. The Morgan fingerprint density at radius 1 is 1.13 bits per heavy atom. The zero-order chi connectivity index (χ0) is 11.9. The lowest BCUT2D eigenvalue weighted by molar-refractivity contribution is -0.136. The SMILES string of the molecule is NC(CCOCC(F)F)CCC(F)(F)F. The molecule has 0 saturated carbocycles. The first-order valence-electron chi connectivity index (χ1n) is 4.49. The van der Waals surface area contributed by atoms with Gasteiger partial charge in [0.05, 0.1) is 0 Å². The van der Waals surface area contributed by atoms with Gasteiger partial charge in [0.1, 0.15) is 6.61 Å². The van der Waals surface area contributed by atoms with Crippen LogP contribution in [0, 0.1) is 0 Å². The summed E-state index contributed by atoms with van der Waals surface area (Å²) in [6, 6.07) is -0.663. The van der Waals surface area contributed by atoms with Gasteiger partial charge < -0.3 is 10.5 Å². The number of alkyl halides is 5. The molecule has 0 spiro atoms. The Hall–Kier alpha value is -0.430. The van der Waals surface area contributed by atoms with Crippen molar-refractivity contribution in [1.82, 2.24) is 0 Å². The van der Waals surface area contributed by atoms with E-state index in [0.29, 0.717) is 0 Å². The van der Waals surface area contributed by atoms with Gasteiger partial charge in [-0.15, -0.1) is 0 Å². The van der Waals surface area contributed by atoms with Crippen LogP contribution in [0.2, 0.25) is 0 Å². The quantitative estimate of drug-likeness (QED) is 0.543. The highest BCUT2D eigenvalue weighted by atomic mass is 19.4. The molecule has 0 heterocycles. The van der Waals surface area contributed by atoms with Crippen LogP contribution in [-0.2, 0) is 4.74 Å². The molecule has 1 atom stereocenters. The molecule has 1 unspecified atom stereocenters. The van der Waals surface area contributed by atoms with Gasteiger partial charge in [-0.05, 0) is 12.8 Å². The molecule has 0 rings (SSSR count). The molecule has 15 heavy (non-hydrogen) atoms. The molecule has 0 aromatic heterocycles. The monoisotopic (exact) mass is 235 g/mol. The van der Waals surface area contributed by atoms with Gasteiger partial charge in [0.2, 0.25) is 0 Å². The third-order valence-electron chi connectivity index (χ3n) is 1.68. The molecule has 0 aliphatic heterocycles. The van der Waals surface area contributed by atoms with Crippen molar-refractivity contribution in [2.75, 3.05) is 13.2 Å². The van der Waals surface area contributed by atoms with Crippen molar-refractivity contribution in [3.05, 3.63) is 0 Å². The largest absolute Gasteiger partial charge is 0.389 e. The van der Waals surface area contributed by atoms with Crippen molar-refractivity contribution < 1.29 is 26.7 Å². The molecule has 2 N–H and O–H groups in total. The Kier molecular flexibility index (Phi) is 6.75. The molecule has 0 fully saturated rings. The van der Waals surface area contributed by atoms with Crippen LogP contribution < -0.4 is 5.73 Å². The fourth-order valence-corrected chi connectivity index (χ4v) is 0.901. The first kappa shape index (κ1) is 14.6. The smallest absolute Gasteiger partial charge is 0.375 e. The standard InChI is InChI=1S/C8H14F5NO/c9-7(10)5-15-4-2-6(14)1-3-8(11,12)13/h6-7H,1-5,14H2. The normalized spacial score (nSPS) is 14.6. The lowest BCUT2D eigenvalue weighted by Gasteiger charge is -2.13. The van der Waals surface area contributed by atoms with Crippen molar-refractivity contribution in [3.63, 3.8) is 0 Å². The van der Waals surface area contributed by atoms with E-state index in [0.717, 1.165) is 0 Å². The Morgan fingerprint density at radius 3 is 2.20 bits per heavy atom. The molecule has 2 nitrogen and oxygen atoms in total. The van der Waals surface area contributed by atoms with Crippen LogP contribution in [0.4, 0.5) is 22.0 Å². The van der Waals surface area contributed by atoms with Crippen LogP contribution in [0.15, 0.2) is 0 Å². The van der Waals surface area contributed by atoms with Crippen LogP contribution in [0.5, 0.6) is 0 Å². The summed E-state index contributed by atoms with van der Waals surface area (Å²) >= 11 is 0. The highest BCUT2D eigenvalue weighted by molar-refractivity contribution is 4.63. The van der Waals surface area contributed by atoms with Gasteiger partial charge in [-0.1, -0.05) is 0 Å². The minimum Gasteiger partial charge on any atom is -0.375 e. The van der Waals surface area contributed by atoms with Crippen molar-refractivity contribution >= 4 is 0 Å². The summed E-state index contributed by atoms with van der Waals surface area (Å²) in [7, 11) is 0. The summed E-state index contributed by atoms with van der Waals surface area (Å²) in [4.78, 5) is 0. The molecular formula is C8H14F5NO. The number of halogens is 5. The van der Waals surface area contributed by atoms with E-state index in [-0.39, 0.29) is 19.4 Å². The topological polar surface area (TPSA) is 35.2 Å². The van der Waals surface area contributed by atoms with E-state index in [1.54, 1.807) is 0 Å². The number of hydrogen-bond acceptors (Lipinski definition) is 2. The summed E-state index contributed by atoms with van der Waals surface area (Å²) < 4.78 is 62.8. The van der Waals surface area contributed by atoms with E-state index in [2.05, 4.69) is 4.74 Å². The van der Waals surface area contributed by atoms with Gasteiger partial charge in [-0.3, -0.25) is 0 Å². The maximum atomic E-state index is 11.7. The summed E-state index contributed by atoms with van der Waals surface area (Å²) in [5.41, 5.74) is 5.33. The highest BCUT2D eigenvalue weighted by Gasteiger charge is 2.27. The first-order valence-corrected chi connectivity index (χ1v) is 4.49. The van der Waals surface area contributed by atoms with Crippen molar-refractivity contribution in [2.45, 2.75) is 37.9 Å². The average molecular weight is 235 g/mol. The Labute approximate surface area is 84.6 Å². The molecule has 0 saturated heterocycles. The van der Waals surface area contributed by atoms with Gasteiger partial charge in [0, 0.05) is 19.1 Å². The van der Waals surface area contributed by atoms with Crippen LogP contribution in [-0.4, -0.2) is 31.9 Å². The van der Waals surface area contributed by atoms with E-state index in [9.17, 15) is 22.0 Å². The molecule has 0 aromatic rings. The summed E-state index contributed by atoms with van der Waals surface area (Å²) in [5.74, 6) is 0. The Bertz CT molecular complexity index is 162. The molecular weight excluding hydrogens is 221 g/mol. The Balaban J connectivity index is 3.38. The minimum atomic E-state index is -4.22. The average Bonchev–Trinajstić information content (AvgIpc) is 2.07. The lowest BCUT2D eigenvalue weighted by Crippen LogP contribution is -2.25. The van der Waals surface area contributed by atoms with Crippen LogP contribution >= 0.6 is 0 Å². The third-order valence-corrected chi connectivity index (χ3v) is 1.68. The van der Waals surface area contributed by atoms with Gasteiger partial charge in [0.25, 0.3) is 6.43 Å². The first-order chi connectivity index (χ1) is 6.81. The van der Waals surface area contributed by atoms with E-state index in [1.807, 2.05) is 0 Å². The predicted molar refractivity (Wildman–Crippen MR) is 44.7 cm³/mol. The number of nitrogens with two attached hydrogens (primary N) is 1. The minimum absolute atomic E-state index is 0.0383. The molecule has 0 amide bonds. The maximum Gasteiger partial charge on any atom is 0.389 e. The molecule has 0 aliphatic carbocycles. The fraction of sp³-hybridized carbons (Fsp3) is 1.00. The predicted octanol–water partition coefficient (Wildman–Crippen LogP) is 2.33. The number of ether oxygens (including phenoxy) is 1. The third kappa shape index (κ3) is 11.5. The lowest BCUT2D eigenvalue weighted by atomic mass is 10.1. The van der Waals surface area contributed by atoms with Crippen molar-refractivity contribution in [2.24, 2.45) is 5.73 Å². The van der Waals surface area contributed by atoms with E-state index in [4.69, 9.17) is 5.73 Å². The summed E-state index contributed by atoms with van der Waals surface area (Å²) in [6.45, 7) is -0.741. The second kappa shape index (κ2) is 6.95. The molecule has 0 radical (unpaired) electrons. The van der Waals surface area contributed by atoms with Crippen molar-refractivity contribution in [1.29, 1.82) is 0 Å². The molecule has 0 aromatic carbocycles. The molecule has 0 aliphatic rings. The van der Waals surface area contributed by atoms with Crippen molar-refractivity contribution in [3.8, 4) is 0 Å². The van der Waals surface area contributed by atoms with E-state index < -0.39 is 31.7 Å². The van der Waals surface area contributed by atoms with E-state index in [1.165, 1.54) is 0 Å². The summed E-state index contributed by atoms with van der Waals surface area (Å²) in [6.07, 6.45) is -7.79. The second-order valence-electron chi connectivity index (χ2n) is 3.17. The number of hydrogen-bond donors (Lipinski definition) is 1. The zero-order valence-electron chi connectivity index (χ0n) is 8.07. The van der Waals surface area contributed by atoms with Crippen LogP contribution in [0.1, 0.15) is 19.3 Å². The van der Waals surface area contributed by atoms with Crippen LogP contribution in [0.25, 0.3) is 0 Å². The van der Waals surface area contributed by atoms with Gasteiger partial charge in [0.15, 0.2) is 0 Å². The van der Waals surface area contributed by atoms with Crippen LogP contribution in [0.3, 0.4) is 0 Å². The van der Waals surface area contributed by atoms with Gasteiger partial charge in [-0.25, -0.2) is 8.78 Å². The second-order valence-corrected chi connectivity index (χ2v) is 3.17. The van der Waals surface area contributed by atoms with Gasteiger partial charge >= 0.3 is 6.18 Å². The highest BCUT2D eigenvalue weighted by Crippen LogP contribution is 2.22. The molecule has 0 bridgehead atoms.